The second-order valence-electron chi connectivity index (χ2n) is 7.77. The van der Waals surface area contributed by atoms with Crippen LogP contribution in [0.25, 0.3) is 0 Å². The molecule has 2 fully saturated rings. The summed E-state index contributed by atoms with van der Waals surface area (Å²) in [5.74, 6) is 1.55. The van der Waals surface area contributed by atoms with Crippen LogP contribution in [-0.4, -0.2) is 50.5 Å². The van der Waals surface area contributed by atoms with E-state index in [1.165, 1.54) is 0 Å². The third-order valence-electron chi connectivity index (χ3n) is 5.64. The molecular formula is C19H26N6O2. The molecule has 0 saturated carbocycles. The monoisotopic (exact) mass is 370 g/mol. The van der Waals surface area contributed by atoms with Crippen molar-refractivity contribution in [1.29, 1.82) is 0 Å². The second kappa shape index (κ2) is 7.25. The highest BCUT2D eigenvalue weighted by Crippen LogP contribution is 2.40. The van der Waals surface area contributed by atoms with E-state index in [9.17, 15) is 4.79 Å². The van der Waals surface area contributed by atoms with Gasteiger partial charge < -0.3 is 14.3 Å². The summed E-state index contributed by atoms with van der Waals surface area (Å²) >= 11 is 0. The summed E-state index contributed by atoms with van der Waals surface area (Å²) < 4.78 is 5.29. The van der Waals surface area contributed by atoms with Crippen LogP contribution in [-0.2, 0) is 17.8 Å². The molecule has 8 nitrogen and oxygen atoms in total. The molecule has 8 heteroatoms. The Morgan fingerprint density at radius 2 is 2.11 bits per heavy atom. The van der Waals surface area contributed by atoms with Gasteiger partial charge in [-0.1, -0.05) is 6.92 Å². The Morgan fingerprint density at radius 3 is 2.85 bits per heavy atom. The minimum Gasteiger partial charge on any atom is -0.338 e. The predicted molar refractivity (Wildman–Crippen MR) is 99.0 cm³/mol. The van der Waals surface area contributed by atoms with E-state index in [2.05, 4.69) is 25.0 Å². The molecule has 0 aromatic carbocycles. The fourth-order valence-corrected chi connectivity index (χ4v) is 4.17. The molecule has 2 aliphatic heterocycles. The number of likely N-dealkylation sites (tertiary alicyclic amines) is 1. The SMILES string of the molecule is CCc1nc(N2CCCC3(CCC(=O)N(Cc4cnc(C)cn4)C3)C2)no1. The molecule has 1 spiro atoms. The molecule has 0 N–H and O–H groups in total. The van der Waals surface area contributed by atoms with Gasteiger partial charge in [0.25, 0.3) is 5.95 Å². The van der Waals surface area contributed by atoms with E-state index in [-0.39, 0.29) is 11.3 Å². The smallest absolute Gasteiger partial charge is 0.266 e. The average molecular weight is 370 g/mol. The Bertz CT molecular complexity index is 805. The van der Waals surface area contributed by atoms with Crippen LogP contribution in [0, 0.1) is 12.3 Å². The first-order valence-corrected chi connectivity index (χ1v) is 9.70. The van der Waals surface area contributed by atoms with Crippen LogP contribution in [0.2, 0.25) is 0 Å². The van der Waals surface area contributed by atoms with Gasteiger partial charge in [-0.15, -0.1) is 0 Å². The number of aryl methyl sites for hydroxylation is 2. The summed E-state index contributed by atoms with van der Waals surface area (Å²) in [6.45, 7) is 6.98. The van der Waals surface area contributed by atoms with Crippen LogP contribution >= 0.6 is 0 Å². The lowest BCUT2D eigenvalue weighted by molar-refractivity contribution is -0.138. The van der Waals surface area contributed by atoms with Crippen LogP contribution in [0.15, 0.2) is 16.9 Å². The van der Waals surface area contributed by atoms with Gasteiger partial charge in [0.15, 0.2) is 0 Å². The number of carbonyl (C=O) groups excluding carboxylic acids is 1. The number of hydrogen-bond acceptors (Lipinski definition) is 7. The standard InChI is InChI=1S/C19H26N6O2/c1-3-16-22-18(23-27-16)24-8-4-6-19(12-24)7-5-17(26)25(13-19)11-15-10-20-14(2)9-21-15/h9-10H,3-8,11-13H2,1-2H3. The lowest BCUT2D eigenvalue weighted by Gasteiger charge is -2.47. The van der Waals surface area contributed by atoms with Crippen LogP contribution in [0.3, 0.4) is 0 Å². The number of amides is 1. The molecule has 144 valence electrons. The fraction of sp³-hybridized carbons (Fsp3) is 0.632. The van der Waals surface area contributed by atoms with Gasteiger partial charge in [0, 0.05) is 44.1 Å². The second-order valence-corrected chi connectivity index (χ2v) is 7.77. The van der Waals surface area contributed by atoms with E-state index in [1.807, 2.05) is 18.7 Å². The molecule has 4 rings (SSSR count). The number of anilines is 1. The van der Waals surface area contributed by atoms with E-state index in [4.69, 9.17) is 4.52 Å². The zero-order valence-electron chi connectivity index (χ0n) is 16.0. The molecule has 2 aromatic rings. The fourth-order valence-electron chi connectivity index (χ4n) is 4.17. The van der Waals surface area contributed by atoms with Gasteiger partial charge in [0.1, 0.15) is 0 Å². The zero-order valence-corrected chi connectivity index (χ0v) is 16.0. The highest BCUT2D eigenvalue weighted by molar-refractivity contribution is 5.77. The molecule has 2 aliphatic rings. The van der Waals surface area contributed by atoms with E-state index >= 15 is 0 Å². The maximum absolute atomic E-state index is 12.5. The average Bonchev–Trinajstić information content (AvgIpc) is 3.16. The van der Waals surface area contributed by atoms with Gasteiger partial charge in [0.05, 0.1) is 24.1 Å². The zero-order chi connectivity index (χ0) is 18.9. The van der Waals surface area contributed by atoms with E-state index in [1.54, 1.807) is 12.4 Å². The third kappa shape index (κ3) is 3.79. The van der Waals surface area contributed by atoms with Gasteiger partial charge in [-0.2, -0.15) is 4.98 Å². The summed E-state index contributed by atoms with van der Waals surface area (Å²) in [5, 5.41) is 4.14. The Labute approximate surface area is 159 Å². The molecule has 1 amide bonds. The van der Waals surface area contributed by atoms with Crippen molar-refractivity contribution in [3.63, 3.8) is 0 Å². The van der Waals surface area contributed by atoms with Crippen LogP contribution in [0.1, 0.15) is 49.9 Å². The van der Waals surface area contributed by atoms with E-state index in [0.717, 1.165) is 56.7 Å². The van der Waals surface area contributed by atoms with Crippen molar-refractivity contribution in [3.8, 4) is 0 Å². The molecule has 1 unspecified atom stereocenters. The molecule has 2 aromatic heterocycles. The van der Waals surface area contributed by atoms with Crippen molar-refractivity contribution in [3.05, 3.63) is 29.7 Å². The molecule has 0 radical (unpaired) electrons. The number of hydrogen-bond donors (Lipinski definition) is 0. The predicted octanol–water partition coefficient (Wildman–Crippen LogP) is 2.14. The molecular weight excluding hydrogens is 344 g/mol. The molecule has 0 aliphatic carbocycles. The van der Waals surface area contributed by atoms with Crippen molar-refractivity contribution in [2.75, 3.05) is 24.5 Å². The Morgan fingerprint density at radius 1 is 1.22 bits per heavy atom. The van der Waals surface area contributed by atoms with Crippen molar-refractivity contribution < 1.29 is 9.32 Å². The third-order valence-corrected chi connectivity index (χ3v) is 5.64. The summed E-state index contributed by atoms with van der Waals surface area (Å²) in [4.78, 5) is 29.9. The highest BCUT2D eigenvalue weighted by Gasteiger charge is 2.42. The Hall–Kier alpha value is -2.51. The van der Waals surface area contributed by atoms with Gasteiger partial charge in [-0.25, -0.2) is 0 Å². The lowest BCUT2D eigenvalue weighted by Crippen LogP contribution is -2.54. The number of carbonyl (C=O) groups is 1. The summed E-state index contributed by atoms with van der Waals surface area (Å²) in [6, 6.07) is 0. The molecule has 27 heavy (non-hydrogen) atoms. The maximum Gasteiger partial charge on any atom is 0.266 e. The van der Waals surface area contributed by atoms with Gasteiger partial charge >= 0.3 is 0 Å². The first-order chi connectivity index (χ1) is 13.1. The largest absolute Gasteiger partial charge is 0.338 e. The van der Waals surface area contributed by atoms with Crippen LogP contribution < -0.4 is 4.90 Å². The summed E-state index contributed by atoms with van der Waals surface area (Å²) in [5.41, 5.74) is 1.80. The molecule has 2 saturated heterocycles. The lowest BCUT2D eigenvalue weighted by atomic mass is 9.73. The van der Waals surface area contributed by atoms with Crippen molar-refractivity contribution in [2.45, 2.75) is 52.5 Å². The van der Waals surface area contributed by atoms with Gasteiger partial charge in [-0.3, -0.25) is 14.8 Å². The molecule has 0 bridgehead atoms. The topological polar surface area (TPSA) is 88.3 Å². The van der Waals surface area contributed by atoms with Crippen molar-refractivity contribution in [2.24, 2.45) is 5.41 Å². The van der Waals surface area contributed by atoms with Crippen molar-refractivity contribution in [1.82, 2.24) is 25.0 Å². The number of rotatable bonds is 4. The minimum absolute atomic E-state index is 0.0806. The van der Waals surface area contributed by atoms with Gasteiger partial charge in [0.2, 0.25) is 11.8 Å². The van der Waals surface area contributed by atoms with Crippen LogP contribution in [0.4, 0.5) is 5.95 Å². The Balaban J connectivity index is 1.48. The molecule has 4 heterocycles. The van der Waals surface area contributed by atoms with Gasteiger partial charge in [-0.05, 0) is 31.3 Å². The Kier molecular flexibility index (Phi) is 4.80. The van der Waals surface area contributed by atoms with Crippen LogP contribution in [0.5, 0.6) is 0 Å². The maximum atomic E-state index is 12.5. The first kappa shape index (κ1) is 17.9. The highest BCUT2D eigenvalue weighted by atomic mass is 16.5. The van der Waals surface area contributed by atoms with Crippen molar-refractivity contribution >= 4 is 11.9 Å². The normalized spacial score (nSPS) is 23.3. The first-order valence-electron chi connectivity index (χ1n) is 9.70. The summed E-state index contributed by atoms with van der Waals surface area (Å²) in [6.07, 6.45) is 7.95. The molecule has 1 atom stereocenters. The summed E-state index contributed by atoms with van der Waals surface area (Å²) in [7, 11) is 0. The number of nitrogens with zero attached hydrogens (tertiary/aromatic N) is 6. The van der Waals surface area contributed by atoms with E-state index < -0.39 is 0 Å². The minimum atomic E-state index is 0.0806. The number of piperidine rings is 2. The number of aromatic nitrogens is 4. The quantitative estimate of drug-likeness (QED) is 0.814. The van der Waals surface area contributed by atoms with E-state index in [0.29, 0.717) is 24.8 Å².